The fourth-order valence-electron chi connectivity index (χ4n) is 1.88. The Morgan fingerprint density at radius 2 is 2.00 bits per heavy atom. The number of nitrogens with zero attached hydrogens (tertiary/aromatic N) is 1. The van der Waals surface area contributed by atoms with Crippen LogP contribution in [0, 0.1) is 17.2 Å². The minimum absolute atomic E-state index is 0.330. The van der Waals surface area contributed by atoms with Crippen LogP contribution in [0.1, 0.15) is 59.8 Å². The Morgan fingerprint density at radius 1 is 1.33 bits per heavy atom. The molecule has 1 N–H and O–H groups in total. The highest BCUT2D eigenvalue weighted by Gasteiger charge is 2.31. The summed E-state index contributed by atoms with van der Waals surface area (Å²) in [6.45, 7) is 9.31. The normalized spacial score (nSPS) is 20.4. The monoisotopic (exact) mass is 252 g/mol. The van der Waals surface area contributed by atoms with E-state index in [1.54, 1.807) is 0 Å². The molecule has 3 nitrogen and oxygen atoms in total. The molecule has 0 heterocycles. The van der Waals surface area contributed by atoms with Gasteiger partial charge in [-0.25, -0.2) is 0 Å². The molecule has 0 bridgehead atoms. The van der Waals surface area contributed by atoms with Crippen LogP contribution < -0.4 is 5.32 Å². The number of hydrogen-bond donors (Lipinski definition) is 1. The van der Waals surface area contributed by atoms with Crippen LogP contribution in [0.25, 0.3) is 0 Å². The van der Waals surface area contributed by atoms with Crippen LogP contribution in [0.15, 0.2) is 0 Å². The first-order chi connectivity index (χ1) is 8.47. The maximum atomic E-state index is 9.24. The molecular formula is C15H28N2O. The van der Waals surface area contributed by atoms with Crippen molar-refractivity contribution in [3.05, 3.63) is 0 Å². The summed E-state index contributed by atoms with van der Waals surface area (Å²) in [6.07, 6.45) is 5.80. The third-order valence-corrected chi connectivity index (χ3v) is 3.74. The van der Waals surface area contributed by atoms with E-state index in [-0.39, 0.29) is 5.54 Å². The maximum absolute atomic E-state index is 9.24. The van der Waals surface area contributed by atoms with Crippen molar-refractivity contribution in [2.24, 2.45) is 5.92 Å². The van der Waals surface area contributed by atoms with E-state index in [9.17, 15) is 5.26 Å². The first-order valence-corrected chi connectivity index (χ1v) is 7.27. The summed E-state index contributed by atoms with van der Waals surface area (Å²) in [5.74, 6) is 0.575. The quantitative estimate of drug-likeness (QED) is 0.641. The van der Waals surface area contributed by atoms with E-state index in [4.69, 9.17) is 4.74 Å². The highest BCUT2D eigenvalue weighted by atomic mass is 16.5. The lowest BCUT2D eigenvalue weighted by molar-refractivity contribution is 0.0327. The summed E-state index contributed by atoms with van der Waals surface area (Å²) >= 11 is 0. The molecule has 1 aliphatic rings. The van der Waals surface area contributed by atoms with Gasteiger partial charge in [0.1, 0.15) is 5.54 Å². The van der Waals surface area contributed by atoms with E-state index in [1.165, 1.54) is 12.8 Å². The Labute approximate surface area is 112 Å². The van der Waals surface area contributed by atoms with Gasteiger partial charge in [-0.05, 0) is 51.9 Å². The highest BCUT2D eigenvalue weighted by molar-refractivity contribution is 5.06. The number of hydrogen-bond acceptors (Lipinski definition) is 3. The Kier molecular flexibility index (Phi) is 6.11. The molecule has 0 aliphatic heterocycles. The molecule has 0 spiro atoms. The molecule has 0 radical (unpaired) electrons. The first kappa shape index (κ1) is 15.5. The SMILES string of the molecule is CC(C)C(C)OCCCCC(C)(C#N)NC1CC1. The van der Waals surface area contributed by atoms with E-state index in [1.807, 2.05) is 6.92 Å². The molecule has 1 aliphatic carbocycles. The molecule has 0 saturated heterocycles. The van der Waals surface area contributed by atoms with Crippen molar-refractivity contribution >= 4 is 0 Å². The number of nitriles is 1. The van der Waals surface area contributed by atoms with E-state index >= 15 is 0 Å². The highest BCUT2D eigenvalue weighted by Crippen LogP contribution is 2.24. The third-order valence-electron chi connectivity index (χ3n) is 3.74. The zero-order valence-corrected chi connectivity index (χ0v) is 12.3. The van der Waals surface area contributed by atoms with Crippen molar-refractivity contribution in [2.45, 2.75) is 77.5 Å². The van der Waals surface area contributed by atoms with Crippen LogP contribution in [0.4, 0.5) is 0 Å². The van der Waals surface area contributed by atoms with Gasteiger partial charge >= 0.3 is 0 Å². The minimum Gasteiger partial charge on any atom is -0.378 e. The molecular weight excluding hydrogens is 224 g/mol. The van der Waals surface area contributed by atoms with Crippen molar-refractivity contribution in [3.8, 4) is 6.07 Å². The fourth-order valence-corrected chi connectivity index (χ4v) is 1.88. The van der Waals surface area contributed by atoms with Crippen LogP contribution in [-0.2, 0) is 4.74 Å². The van der Waals surface area contributed by atoms with Gasteiger partial charge in [-0.2, -0.15) is 5.26 Å². The van der Waals surface area contributed by atoms with Gasteiger partial charge in [-0.3, -0.25) is 5.32 Å². The summed E-state index contributed by atoms with van der Waals surface area (Å²) in [5.41, 5.74) is -0.342. The van der Waals surface area contributed by atoms with E-state index in [0.29, 0.717) is 18.1 Å². The first-order valence-electron chi connectivity index (χ1n) is 7.27. The zero-order chi connectivity index (χ0) is 13.6. The Balaban J connectivity index is 2.10. The number of rotatable bonds is 9. The van der Waals surface area contributed by atoms with Crippen LogP contribution in [0.5, 0.6) is 0 Å². The van der Waals surface area contributed by atoms with Gasteiger partial charge in [0.2, 0.25) is 0 Å². The predicted molar refractivity (Wildman–Crippen MR) is 74.3 cm³/mol. The van der Waals surface area contributed by atoms with Gasteiger partial charge in [-0.1, -0.05) is 13.8 Å². The summed E-state index contributed by atoms with van der Waals surface area (Å²) in [5, 5.41) is 12.7. The van der Waals surface area contributed by atoms with E-state index < -0.39 is 0 Å². The van der Waals surface area contributed by atoms with Crippen molar-refractivity contribution in [2.75, 3.05) is 6.61 Å². The van der Waals surface area contributed by atoms with Crippen molar-refractivity contribution < 1.29 is 4.74 Å². The lowest BCUT2D eigenvalue weighted by Gasteiger charge is -2.23. The predicted octanol–water partition coefficient (Wildman–Crippen LogP) is 3.25. The van der Waals surface area contributed by atoms with Crippen LogP contribution in [0.3, 0.4) is 0 Å². The van der Waals surface area contributed by atoms with Crippen LogP contribution >= 0.6 is 0 Å². The standard InChI is InChI=1S/C15H28N2O/c1-12(2)13(3)18-10-6-5-9-15(4,11-16)17-14-7-8-14/h12-14,17H,5-10H2,1-4H3. The average molecular weight is 252 g/mol. The average Bonchev–Trinajstić information content (AvgIpc) is 3.12. The Bertz CT molecular complexity index is 281. The van der Waals surface area contributed by atoms with Gasteiger partial charge in [0, 0.05) is 12.6 Å². The lowest BCUT2D eigenvalue weighted by atomic mass is 9.96. The molecule has 0 aromatic rings. The molecule has 1 rings (SSSR count). The smallest absolute Gasteiger partial charge is 0.104 e. The second kappa shape index (κ2) is 7.11. The molecule has 0 aromatic carbocycles. The number of nitrogens with one attached hydrogen (secondary N) is 1. The molecule has 18 heavy (non-hydrogen) atoms. The largest absolute Gasteiger partial charge is 0.378 e. The molecule has 0 aromatic heterocycles. The number of ether oxygens (including phenoxy) is 1. The van der Waals surface area contributed by atoms with Gasteiger partial charge in [0.15, 0.2) is 0 Å². The van der Waals surface area contributed by atoms with Gasteiger partial charge in [0.05, 0.1) is 12.2 Å². The molecule has 2 atom stereocenters. The molecule has 2 unspecified atom stereocenters. The zero-order valence-electron chi connectivity index (χ0n) is 12.3. The van der Waals surface area contributed by atoms with E-state index in [2.05, 4.69) is 32.2 Å². The third kappa shape index (κ3) is 5.84. The molecule has 0 amide bonds. The van der Waals surface area contributed by atoms with Crippen molar-refractivity contribution in [3.63, 3.8) is 0 Å². The van der Waals surface area contributed by atoms with Crippen molar-refractivity contribution in [1.29, 1.82) is 5.26 Å². The molecule has 104 valence electrons. The summed E-state index contributed by atoms with van der Waals surface area (Å²) in [4.78, 5) is 0. The second-order valence-corrected chi connectivity index (χ2v) is 6.14. The summed E-state index contributed by atoms with van der Waals surface area (Å²) in [7, 11) is 0. The van der Waals surface area contributed by atoms with Crippen LogP contribution in [0.2, 0.25) is 0 Å². The molecule has 1 fully saturated rings. The van der Waals surface area contributed by atoms with Crippen LogP contribution in [-0.4, -0.2) is 24.3 Å². The Morgan fingerprint density at radius 3 is 2.50 bits per heavy atom. The molecule has 3 heteroatoms. The van der Waals surface area contributed by atoms with Crippen molar-refractivity contribution in [1.82, 2.24) is 5.32 Å². The second-order valence-electron chi connectivity index (χ2n) is 6.14. The van der Waals surface area contributed by atoms with Gasteiger partial charge in [0.25, 0.3) is 0 Å². The lowest BCUT2D eigenvalue weighted by Crippen LogP contribution is -2.42. The summed E-state index contributed by atoms with van der Waals surface area (Å²) < 4.78 is 5.74. The van der Waals surface area contributed by atoms with Gasteiger partial charge in [-0.15, -0.1) is 0 Å². The van der Waals surface area contributed by atoms with E-state index in [0.717, 1.165) is 25.9 Å². The topological polar surface area (TPSA) is 45.0 Å². The number of unbranched alkanes of at least 4 members (excludes halogenated alkanes) is 1. The molecule has 1 saturated carbocycles. The van der Waals surface area contributed by atoms with Gasteiger partial charge < -0.3 is 4.74 Å². The maximum Gasteiger partial charge on any atom is 0.104 e. The minimum atomic E-state index is -0.342. The Hall–Kier alpha value is -0.590. The summed E-state index contributed by atoms with van der Waals surface area (Å²) in [6, 6.07) is 3.01. The fraction of sp³-hybridized carbons (Fsp3) is 0.933.